The highest BCUT2D eigenvalue weighted by Crippen LogP contribution is 2.49. The Kier molecular flexibility index (Phi) is 4.87. The van der Waals surface area contributed by atoms with Crippen LogP contribution in [-0.4, -0.2) is 60.4 Å². The van der Waals surface area contributed by atoms with Crippen molar-refractivity contribution in [1.82, 2.24) is 9.80 Å². The first kappa shape index (κ1) is 18.2. The van der Waals surface area contributed by atoms with Crippen LogP contribution < -0.4 is 4.90 Å². The van der Waals surface area contributed by atoms with Gasteiger partial charge in [-0.05, 0) is 55.7 Å². The molecule has 4 aliphatic rings. The Morgan fingerprint density at radius 2 is 1.79 bits per heavy atom. The van der Waals surface area contributed by atoms with Gasteiger partial charge in [-0.1, -0.05) is 18.6 Å². The van der Waals surface area contributed by atoms with Crippen molar-refractivity contribution in [3.63, 3.8) is 0 Å². The number of hydrogen-bond donors (Lipinski definition) is 0. The van der Waals surface area contributed by atoms with E-state index < -0.39 is 0 Å². The quantitative estimate of drug-likeness (QED) is 0.805. The molecule has 0 bridgehead atoms. The number of carbonyl (C=O) groups excluding carboxylic acids is 2. The fraction of sp³-hybridized carbons (Fsp3) is 0.652. The smallest absolute Gasteiger partial charge is 0.226 e. The Morgan fingerprint density at radius 1 is 0.964 bits per heavy atom. The Hall–Kier alpha value is -1.88. The van der Waals surface area contributed by atoms with Gasteiger partial charge in [0.05, 0.1) is 0 Å². The second-order valence-corrected chi connectivity index (χ2v) is 8.99. The van der Waals surface area contributed by atoms with Crippen LogP contribution >= 0.6 is 0 Å². The van der Waals surface area contributed by atoms with Crippen LogP contribution in [0.3, 0.4) is 0 Å². The topological polar surface area (TPSA) is 43.9 Å². The van der Waals surface area contributed by atoms with Crippen LogP contribution in [0.4, 0.5) is 5.69 Å². The van der Waals surface area contributed by atoms with E-state index in [4.69, 9.17) is 0 Å². The summed E-state index contributed by atoms with van der Waals surface area (Å²) in [6, 6.07) is 9.14. The molecule has 2 heterocycles. The number of benzene rings is 1. The summed E-state index contributed by atoms with van der Waals surface area (Å²) < 4.78 is 0. The molecule has 28 heavy (non-hydrogen) atoms. The number of hydrogen-bond acceptors (Lipinski definition) is 3. The highest BCUT2D eigenvalue weighted by atomic mass is 16.2. The molecule has 2 amide bonds. The van der Waals surface area contributed by atoms with Crippen LogP contribution in [0.1, 0.15) is 56.4 Å². The minimum Gasteiger partial charge on any atom is -0.340 e. The predicted octanol–water partition coefficient (Wildman–Crippen LogP) is 3.00. The molecule has 0 radical (unpaired) electrons. The number of anilines is 1. The lowest BCUT2D eigenvalue weighted by molar-refractivity contribution is -0.135. The van der Waals surface area contributed by atoms with Crippen LogP contribution in [0.25, 0.3) is 0 Å². The molecule has 1 aromatic rings. The van der Waals surface area contributed by atoms with Crippen molar-refractivity contribution in [1.29, 1.82) is 0 Å². The molecule has 0 aromatic heterocycles. The Labute approximate surface area is 167 Å². The molecule has 2 saturated heterocycles. The third-order valence-corrected chi connectivity index (χ3v) is 7.26. The van der Waals surface area contributed by atoms with Crippen molar-refractivity contribution in [2.24, 2.45) is 5.92 Å². The van der Waals surface area contributed by atoms with Gasteiger partial charge in [-0.15, -0.1) is 0 Å². The summed E-state index contributed by atoms with van der Waals surface area (Å²) in [7, 11) is 0. The number of carbonyl (C=O) groups is 2. The van der Waals surface area contributed by atoms with E-state index >= 15 is 0 Å². The van der Waals surface area contributed by atoms with Crippen molar-refractivity contribution < 1.29 is 9.59 Å². The second-order valence-electron chi connectivity index (χ2n) is 8.99. The highest BCUT2D eigenvalue weighted by molar-refractivity contribution is 5.94. The standard InChI is InChI=1S/C23H31N3O2/c27-22-9-1-2-10-26(22)19-8-3-5-17(15-19)20-16-21(20)23(28)25-13-11-24(12-14-25)18-6-4-7-18/h3,5,8,15,18,20-21H,1-2,4,6-7,9-14,16H2/t20-,21?/m1/s1. The first-order valence-corrected chi connectivity index (χ1v) is 11.1. The summed E-state index contributed by atoms with van der Waals surface area (Å²) in [6.45, 7) is 4.68. The molecule has 0 N–H and O–H groups in total. The van der Waals surface area contributed by atoms with E-state index in [1.165, 1.54) is 24.8 Å². The SMILES string of the molecule is O=C(C1C[C@@H]1c1cccc(N2CCCCC2=O)c1)N1CCN(C2CCC2)CC1. The maximum absolute atomic E-state index is 13.0. The summed E-state index contributed by atoms with van der Waals surface area (Å²) in [5.41, 5.74) is 2.23. The summed E-state index contributed by atoms with van der Waals surface area (Å²) in [4.78, 5) is 31.8. The molecule has 2 atom stereocenters. The largest absolute Gasteiger partial charge is 0.340 e. The molecule has 5 heteroatoms. The zero-order valence-corrected chi connectivity index (χ0v) is 16.7. The first-order valence-electron chi connectivity index (χ1n) is 11.1. The number of amides is 2. The molecule has 2 aliphatic heterocycles. The number of piperazine rings is 1. The Bertz CT molecular complexity index is 752. The summed E-state index contributed by atoms with van der Waals surface area (Å²) >= 11 is 0. The van der Waals surface area contributed by atoms with Gasteiger partial charge in [0.1, 0.15) is 0 Å². The van der Waals surface area contributed by atoms with E-state index in [9.17, 15) is 9.59 Å². The Balaban J connectivity index is 1.19. The average Bonchev–Trinajstić information content (AvgIpc) is 3.48. The van der Waals surface area contributed by atoms with Gasteiger partial charge >= 0.3 is 0 Å². The van der Waals surface area contributed by atoms with Gasteiger partial charge in [0.2, 0.25) is 11.8 Å². The minimum atomic E-state index is 0.141. The predicted molar refractivity (Wildman–Crippen MR) is 109 cm³/mol. The number of rotatable bonds is 4. The van der Waals surface area contributed by atoms with Gasteiger partial charge in [0, 0.05) is 56.8 Å². The van der Waals surface area contributed by atoms with E-state index in [1.54, 1.807) is 0 Å². The normalized spacial score (nSPS) is 28.9. The average molecular weight is 382 g/mol. The highest BCUT2D eigenvalue weighted by Gasteiger charge is 2.46. The molecule has 4 fully saturated rings. The van der Waals surface area contributed by atoms with E-state index in [0.717, 1.165) is 63.7 Å². The lowest BCUT2D eigenvalue weighted by atomic mass is 9.91. The molecule has 1 aromatic carbocycles. The van der Waals surface area contributed by atoms with Crippen LogP contribution in [0.2, 0.25) is 0 Å². The lowest BCUT2D eigenvalue weighted by Crippen LogP contribution is -2.53. The maximum atomic E-state index is 13.0. The zero-order valence-electron chi connectivity index (χ0n) is 16.7. The fourth-order valence-corrected chi connectivity index (χ4v) is 5.13. The summed E-state index contributed by atoms with van der Waals surface area (Å²) in [5, 5.41) is 0. The van der Waals surface area contributed by atoms with Gasteiger partial charge in [-0.25, -0.2) is 0 Å². The van der Waals surface area contributed by atoms with Gasteiger partial charge in [-0.2, -0.15) is 0 Å². The third-order valence-electron chi connectivity index (χ3n) is 7.26. The first-order chi connectivity index (χ1) is 13.7. The lowest BCUT2D eigenvalue weighted by Gasteiger charge is -2.43. The molecule has 150 valence electrons. The fourth-order valence-electron chi connectivity index (χ4n) is 5.13. The number of nitrogens with zero attached hydrogens (tertiary/aromatic N) is 3. The van der Waals surface area contributed by atoms with E-state index in [0.29, 0.717) is 18.2 Å². The van der Waals surface area contributed by atoms with E-state index in [2.05, 4.69) is 21.9 Å². The van der Waals surface area contributed by atoms with E-state index in [-0.39, 0.29) is 11.8 Å². The molecule has 2 saturated carbocycles. The van der Waals surface area contributed by atoms with Gasteiger partial charge < -0.3 is 9.80 Å². The van der Waals surface area contributed by atoms with Crippen molar-refractivity contribution >= 4 is 17.5 Å². The van der Waals surface area contributed by atoms with Crippen molar-refractivity contribution in [3.05, 3.63) is 29.8 Å². The monoisotopic (exact) mass is 381 g/mol. The van der Waals surface area contributed by atoms with Crippen LogP contribution in [-0.2, 0) is 9.59 Å². The summed E-state index contributed by atoms with van der Waals surface area (Å²) in [5.74, 6) is 1.05. The molecule has 0 spiro atoms. The van der Waals surface area contributed by atoms with Gasteiger partial charge in [0.25, 0.3) is 0 Å². The van der Waals surface area contributed by atoms with Crippen molar-refractivity contribution in [2.75, 3.05) is 37.6 Å². The van der Waals surface area contributed by atoms with Crippen LogP contribution in [0.15, 0.2) is 24.3 Å². The van der Waals surface area contributed by atoms with Gasteiger partial charge in [-0.3, -0.25) is 14.5 Å². The number of piperidine rings is 1. The molecular formula is C23H31N3O2. The molecule has 5 nitrogen and oxygen atoms in total. The van der Waals surface area contributed by atoms with E-state index in [1.807, 2.05) is 17.0 Å². The minimum absolute atomic E-state index is 0.141. The zero-order chi connectivity index (χ0) is 19.1. The Morgan fingerprint density at radius 3 is 2.50 bits per heavy atom. The molecular weight excluding hydrogens is 350 g/mol. The molecule has 1 unspecified atom stereocenters. The molecule has 5 rings (SSSR count). The van der Waals surface area contributed by atoms with Gasteiger partial charge in [0.15, 0.2) is 0 Å². The van der Waals surface area contributed by atoms with Crippen LogP contribution in [0.5, 0.6) is 0 Å². The molecule has 2 aliphatic carbocycles. The summed E-state index contributed by atoms with van der Waals surface area (Å²) in [6.07, 6.45) is 7.74. The van der Waals surface area contributed by atoms with Crippen molar-refractivity contribution in [3.8, 4) is 0 Å². The van der Waals surface area contributed by atoms with Crippen LogP contribution in [0, 0.1) is 5.92 Å². The maximum Gasteiger partial charge on any atom is 0.226 e. The third kappa shape index (κ3) is 3.45. The second kappa shape index (κ2) is 7.51. The van der Waals surface area contributed by atoms with Crippen molar-refractivity contribution in [2.45, 2.75) is 56.9 Å².